The molecule has 2 aliphatic rings. The van der Waals surface area contributed by atoms with Gasteiger partial charge in [-0.3, -0.25) is 9.98 Å². The van der Waals surface area contributed by atoms with E-state index in [1.807, 2.05) is 0 Å². The third-order valence-corrected chi connectivity index (χ3v) is 5.81. The van der Waals surface area contributed by atoms with Crippen molar-refractivity contribution in [2.24, 2.45) is 9.98 Å². The summed E-state index contributed by atoms with van der Waals surface area (Å²) in [5, 5.41) is 7.10. The van der Waals surface area contributed by atoms with Gasteiger partial charge in [-0.1, -0.05) is 0 Å². The molecule has 8 nitrogen and oxygen atoms in total. The van der Waals surface area contributed by atoms with Crippen LogP contribution < -0.4 is 11.1 Å². The van der Waals surface area contributed by atoms with Crippen molar-refractivity contribution in [3.8, 4) is 0 Å². The number of hydrogen-bond acceptors (Lipinski definition) is 7. The molecule has 37 heavy (non-hydrogen) atoms. The van der Waals surface area contributed by atoms with Crippen LogP contribution in [0.2, 0.25) is 0 Å². The molecule has 1 fully saturated rings. The number of fused-ring (bicyclic) bond motifs is 1. The molecular weight excluding hydrogens is 495 g/mol. The minimum atomic E-state index is -4.34. The van der Waals surface area contributed by atoms with Crippen LogP contribution in [0.15, 0.2) is 46.2 Å². The van der Waals surface area contributed by atoms with Gasteiger partial charge in [-0.2, -0.15) is 18.2 Å². The molecule has 1 unspecified atom stereocenters. The Hall–Kier alpha value is -3.35. The number of hydrogen-bond donors (Lipinski definition) is 2. The summed E-state index contributed by atoms with van der Waals surface area (Å²) in [6.07, 6.45) is 1.67. The van der Waals surface area contributed by atoms with Gasteiger partial charge in [-0.25, -0.2) is 13.3 Å². The smallest absolute Gasteiger partial charge is 0.371 e. The van der Waals surface area contributed by atoms with Crippen LogP contribution in [0, 0.1) is 0 Å². The predicted octanol–water partition coefficient (Wildman–Crippen LogP) is 4.75. The molecule has 202 valence electrons. The molecule has 0 spiro atoms. The summed E-state index contributed by atoms with van der Waals surface area (Å²) in [7, 11) is 3.43. The van der Waals surface area contributed by atoms with Crippen molar-refractivity contribution >= 4 is 28.7 Å². The van der Waals surface area contributed by atoms with Crippen LogP contribution in [0.25, 0.3) is 5.52 Å². The number of piperidine rings is 1. The van der Waals surface area contributed by atoms with E-state index in [1.54, 1.807) is 61.8 Å². The average molecular weight is 527 g/mol. The molecule has 4 heterocycles. The molecule has 0 bridgehead atoms. The van der Waals surface area contributed by atoms with E-state index in [0.29, 0.717) is 34.7 Å². The molecule has 13 heteroatoms. The van der Waals surface area contributed by atoms with Gasteiger partial charge in [-0.05, 0) is 57.7 Å². The second kappa shape index (κ2) is 11.4. The molecule has 1 saturated heterocycles. The number of aromatic nitrogens is 3. The molecule has 0 aliphatic carbocycles. The standard InChI is InChI=1S/C18H20F3N7.C6H11F2N/c1-10-4-5-14(25-11(2)12(9-24-10)8-18(19,20)21)13-6-7-28-15(13)16(23-3)26-17(22)27-28;1-9-4-2-3-6(7,8)5-9/h4-7,9,11H,8H2,1-3H3,(H3,22,23,26,27);2-5H2,1H3/b5-4-,12-9-,24-10-,25-14?;. The number of nitrogens with zero attached hydrogens (tertiary/aromatic N) is 6. The van der Waals surface area contributed by atoms with Crippen LogP contribution >= 0.6 is 0 Å². The van der Waals surface area contributed by atoms with Gasteiger partial charge < -0.3 is 16.0 Å². The van der Waals surface area contributed by atoms with E-state index < -0.39 is 24.6 Å². The quantitative estimate of drug-likeness (QED) is 0.563. The lowest BCUT2D eigenvalue weighted by molar-refractivity contribution is -0.127. The Balaban J connectivity index is 0.000000356. The number of likely N-dealkylation sites (tertiary alicyclic amines) is 1. The highest BCUT2D eigenvalue weighted by Gasteiger charge is 2.33. The number of nitrogen functional groups attached to an aromatic ring is 1. The van der Waals surface area contributed by atoms with Crippen LogP contribution in [0.4, 0.5) is 33.7 Å². The predicted molar refractivity (Wildman–Crippen MR) is 136 cm³/mol. The maximum Gasteiger partial charge on any atom is 0.392 e. The Morgan fingerprint density at radius 3 is 2.57 bits per heavy atom. The number of aliphatic imine (C=N–C) groups is 2. The van der Waals surface area contributed by atoms with E-state index in [2.05, 4.69) is 25.4 Å². The zero-order valence-corrected chi connectivity index (χ0v) is 21.2. The maximum atomic E-state index is 13.0. The molecule has 0 radical (unpaired) electrons. The number of nitrogens with two attached hydrogens (primary N) is 1. The number of alkyl halides is 5. The molecular formula is C24H31F5N8. The van der Waals surface area contributed by atoms with Crippen molar-refractivity contribution in [1.29, 1.82) is 0 Å². The van der Waals surface area contributed by atoms with Gasteiger partial charge in [0.1, 0.15) is 5.52 Å². The van der Waals surface area contributed by atoms with Gasteiger partial charge in [0, 0.05) is 37.1 Å². The van der Waals surface area contributed by atoms with Crippen molar-refractivity contribution in [1.82, 2.24) is 19.5 Å². The van der Waals surface area contributed by atoms with Gasteiger partial charge in [0.25, 0.3) is 5.92 Å². The van der Waals surface area contributed by atoms with Crippen molar-refractivity contribution < 1.29 is 22.0 Å². The van der Waals surface area contributed by atoms with Crippen LogP contribution in [0.1, 0.15) is 38.7 Å². The summed E-state index contributed by atoms with van der Waals surface area (Å²) in [5.41, 5.74) is 8.18. The summed E-state index contributed by atoms with van der Waals surface area (Å²) in [6, 6.07) is 1.07. The molecule has 4 rings (SSSR count). The first-order valence-electron chi connectivity index (χ1n) is 11.7. The van der Waals surface area contributed by atoms with Crippen molar-refractivity contribution in [2.45, 2.75) is 51.3 Å². The van der Waals surface area contributed by atoms with Crippen LogP contribution in [-0.4, -0.2) is 76.2 Å². The Labute approximate surface area is 211 Å². The molecule has 3 N–H and O–H groups in total. The van der Waals surface area contributed by atoms with Crippen molar-refractivity contribution in [3.05, 3.63) is 41.8 Å². The maximum absolute atomic E-state index is 13.0. The number of nitrogens with one attached hydrogen (secondary N) is 1. The number of allylic oxidation sites excluding steroid dienone is 2. The van der Waals surface area contributed by atoms with E-state index in [4.69, 9.17) is 5.73 Å². The van der Waals surface area contributed by atoms with Gasteiger partial charge in [-0.15, -0.1) is 5.10 Å². The fourth-order valence-electron chi connectivity index (χ4n) is 4.04. The van der Waals surface area contributed by atoms with E-state index in [9.17, 15) is 22.0 Å². The Kier molecular flexibility index (Phi) is 8.67. The van der Waals surface area contributed by atoms with Gasteiger partial charge in [0.05, 0.1) is 24.7 Å². The lowest BCUT2D eigenvalue weighted by Crippen LogP contribution is -2.39. The summed E-state index contributed by atoms with van der Waals surface area (Å²) < 4.78 is 65.3. The van der Waals surface area contributed by atoms with Crippen LogP contribution in [0.3, 0.4) is 0 Å². The highest BCUT2D eigenvalue weighted by Crippen LogP contribution is 2.29. The third-order valence-electron chi connectivity index (χ3n) is 5.81. The second-order valence-corrected chi connectivity index (χ2v) is 9.08. The summed E-state index contributed by atoms with van der Waals surface area (Å²) in [6.45, 7) is 4.09. The largest absolute Gasteiger partial charge is 0.392 e. The lowest BCUT2D eigenvalue weighted by Gasteiger charge is -2.28. The number of halogens is 5. The van der Waals surface area contributed by atoms with Crippen LogP contribution in [-0.2, 0) is 0 Å². The highest BCUT2D eigenvalue weighted by atomic mass is 19.4. The molecule has 2 aliphatic heterocycles. The van der Waals surface area contributed by atoms with E-state index in [1.165, 1.54) is 6.20 Å². The fraction of sp³-hybridized carbons (Fsp3) is 0.500. The summed E-state index contributed by atoms with van der Waals surface area (Å²) >= 11 is 0. The Morgan fingerprint density at radius 2 is 1.97 bits per heavy atom. The molecule has 1 atom stereocenters. The minimum absolute atomic E-state index is 0.0625. The van der Waals surface area contributed by atoms with Gasteiger partial charge in [0.15, 0.2) is 5.82 Å². The second-order valence-electron chi connectivity index (χ2n) is 9.08. The fourth-order valence-corrected chi connectivity index (χ4v) is 4.04. The Bertz CT molecular complexity index is 1230. The zero-order valence-electron chi connectivity index (χ0n) is 21.2. The third kappa shape index (κ3) is 7.81. The van der Waals surface area contributed by atoms with Crippen molar-refractivity contribution in [3.63, 3.8) is 0 Å². The van der Waals surface area contributed by atoms with Crippen molar-refractivity contribution in [2.75, 3.05) is 38.2 Å². The zero-order chi connectivity index (χ0) is 27.4. The first-order chi connectivity index (χ1) is 17.3. The molecule has 0 aromatic carbocycles. The number of anilines is 2. The van der Waals surface area contributed by atoms with E-state index in [-0.39, 0.29) is 24.5 Å². The SMILES string of the molecule is CN1CCCC(F)(F)C1.CNc1nc(N)nn2ccc(C3=NC(C)\C(CC(F)(F)F)=C/N=C(C)\C=C/3)c12. The van der Waals surface area contributed by atoms with Gasteiger partial charge in [0.2, 0.25) is 5.95 Å². The monoisotopic (exact) mass is 526 g/mol. The summed E-state index contributed by atoms with van der Waals surface area (Å²) in [5.74, 6) is -1.84. The molecule has 2 aromatic rings. The first kappa shape index (κ1) is 28.2. The Morgan fingerprint density at radius 1 is 1.24 bits per heavy atom. The molecule has 2 aromatic heterocycles. The lowest BCUT2D eigenvalue weighted by atomic mass is 10.1. The average Bonchev–Trinajstić information content (AvgIpc) is 3.22. The highest BCUT2D eigenvalue weighted by molar-refractivity contribution is 6.16. The first-order valence-corrected chi connectivity index (χ1v) is 11.7. The van der Waals surface area contributed by atoms with Crippen LogP contribution in [0.5, 0.6) is 0 Å². The van der Waals surface area contributed by atoms with E-state index in [0.717, 1.165) is 6.54 Å². The topological polar surface area (TPSA) is 96.2 Å². The summed E-state index contributed by atoms with van der Waals surface area (Å²) in [4.78, 5) is 14.5. The minimum Gasteiger partial charge on any atom is -0.371 e. The molecule has 0 amide bonds. The molecule has 0 saturated carbocycles. The number of rotatable bonds is 3. The van der Waals surface area contributed by atoms with E-state index >= 15 is 0 Å². The normalized spacial score (nSPS) is 24.2. The van der Waals surface area contributed by atoms with Gasteiger partial charge >= 0.3 is 6.18 Å².